The molecule has 2 aliphatic heterocycles. The molecule has 1 atom stereocenters. The molecule has 0 bridgehead atoms. The Bertz CT molecular complexity index is 906. The molecule has 1 N–H and O–H groups in total. The molecule has 4 rings (SSSR count). The molecule has 28 heavy (non-hydrogen) atoms. The second-order valence-electron chi connectivity index (χ2n) is 7.91. The summed E-state index contributed by atoms with van der Waals surface area (Å²) in [6, 6.07) is 1.81. The first kappa shape index (κ1) is 18.6. The third-order valence-electron chi connectivity index (χ3n) is 5.63. The maximum absolute atomic E-state index is 12.8. The molecule has 8 nitrogen and oxygen atoms in total. The molecule has 8 heteroatoms. The highest BCUT2D eigenvalue weighted by Crippen LogP contribution is 2.30. The zero-order valence-electron chi connectivity index (χ0n) is 16.6. The Labute approximate surface area is 164 Å². The van der Waals surface area contributed by atoms with Gasteiger partial charge in [0.05, 0.1) is 11.7 Å². The molecule has 148 valence electrons. The highest BCUT2D eigenvalue weighted by molar-refractivity contribution is 5.92. The van der Waals surface area contributed by atoms with Crippen LogP contribution >= 0.6 is 0 Å². The number of fused-ring (bicyclic) bond motifs is 1. The number of likely N-dealkylation sites (tertiary alicyclic amines) is 1. The van der Waals surface area contributed by atoms with Gasteiger partial charge in [0.25, 0.3) is 5.91 Å². The van der Waals surface area contributed by atoms with Gasteiger partial charge in [-0.1, -0.05) is 13.8 Å². The maximum atomic E-state index is 12.8. The Morgan fingerprint density at radius 3 is 2.82 bits per heavy atom. The Morgan fingerprint density at radius 2 is 2.11 bits per heavy atom. The van der Waals surface area contributed by atoms with Gasteiger partial charge in [0.15, 0.2) is 5.82 Å². The largest absolute Gasteiger partial charge is 0.333 e. The Hall–Kier alpha value is -2.77. The van der Waals surface area contributed by atoms with Gasteiger partial charge in [0.2, 0.25) is 5.91 Å². The van der Waals surface area contributed by atoms with E-state index < -0.39 is 0 Å². The molecule has 2 aromatic heterocycles. The van der Waals surface area contributed by atoms with Crippen LogP contribution < -0.4 is 0 Å². The number of carbonyl (C=O) groups excluding carboxylic acids is 2. The van der Waals surface area contributed by atoms with Crippen molar-refractivity contribution in [3.63, 3.8) is 0 Å². The number of carbonyl (C=O) groups is 2. The number of nitrogens with zero attached hydrogens (tertiary/aromatic N) is 5. The monoisotopic (exact) mass is 382 g/mol. The summed E-state index contributed by atoms with van der Waals surface area (Å²) in [7, 11) is 0. The van der Waals surface area contributed by atoms with Crippen molar-refractivity contribution < 1.29 is 9.59 Å². The number of rotatable bonds is 3. The minimum Gasteiger partial charge on any atom is -0.333 e. The molecule has 2 aliphatic rings. The van der Waals surface area contributed by atoms with Gasteiger partial charge in [0.1, 0.15) is 5.69 Å². The van der Waals surface area contributed by atoms with Gasteiger partial charge in [0, 0.05) is 50.4 Å². The molecule has 2 aromatic rings. The van der Waals surface area contributed by atoms with Crippen molar-refractivity contribution in [1.82, 2.24) is 30.0 Å². The SMILES string of the molecule is CC(=O)N1CCCC1c1ncc2c(n1)CCN(C(=O)c1cc(C(C)C)[nH]n1)C2. The number of H-pyrrole nitrogens is 1. The van der Waals surface area contributed by atoms with Gasteiger partial charge in [-0.3, -0.25) is 14.7 Å². The molecule has 0 saturated carbocycles. The summed E-state index contributed by atoms with van der Waals surface area (Å²) in [6.45, 7) is 7.58. The lowest BCUT2D eigenvalue weighted by Gasteiger charge is -2.28. The summed E-state index contributed by atoms with van der Waals surface area (Å²) in [5.41, 5.74) is 3.36. The van der Waals surface area contributed by atoms with Crippen LogP contribution in [-0.2, 0) is 17.8 Å². The first-order valence-corrected chi connectivity index (χ1v) is 9.90. The lowest BCUT2D eigenvalue weighted by molar-refractivity contribution is -0.129. The van der Waals surface area contributed by atoms with Crippen molar-refractivity contribution in [2.24, 2.45) is 0 Å². The predicted octanol–water partition coefficient (Wildman–Crippen LogP) is 2.21. The van der Waals surface area contributed by atoms with Crippen molar-refractivity contribution in [2.75, 3.05) is 13.1 Å². The van der Waals surface area contributed by atoms with E-state index >= 15 is 0 Å². The Balaban J connectivity index is 1.50. The van der Waals surface area contributed by atoms with E-state index in [1.165, 1.54) is 0 Å². The third kappa shape index (κ3) is 3.39. The third-order valence-corrected chi connectivity index (χ3v) is 5.63. The smallest absolute Gasteiger partial charge is 0.274 e. The van der Waals surface area contributed by atoms with Gasteiger partial charge in [-0.15, -0.1) is 0 Å². The first-order valence-electron chi connectivity index (χ1n) is 9.90. The fraction of sp³-hybridized carbons (Fsp3) is 0.550. The molecule has 0 radical (unpaired) electrons. The van der Waals surface area contributed by atoms with Crippen molar-refractivity contribution in [3.05, 3.63) is 40.7 Å². The van der Waals surface area contributed by atoms with Crippen LogP contribution in [0.25, 0.3) is 0 Å². The van der Waals surface area contributed by atoms with Crippen LogP contribution in [0.4, 0.5) is 0 Å². The highest BCUT2D eigenvalue weighted by Gasteiger charge is 2.31. The van der Waals surface area contributed by atoms with Crippen molar-refractivity contribution in [2.45, 2.75) is 58.5 Å². The van der Waals surface area contributed by atoms with E-state index in [2.05, 4.69) is 29.0 Å². The quantitative estimate of drug-likeness (QED) is 0.878. The average molecular weight is 382 g/mol. The van der Waals surface area contributed by atoms with Crippen LogP contribution in [0.1, 0.15) is 78.8 Å². The van der Waals surface area contributed by atoms with Crippen LogP contribution in [0, 0.1) is 0 Å². The molecule has 0 aliphatic carbocycles. The molecule has 2 amide bonds. The highest BCUT2D eigenvalue weighted by atomic mass is 16.2. The Morgan fingerprint density at radius 1 is 1.29 bits per heavy atom. The maximum Gasteiger partial charge on any atom is 0.274 e. The van der Waals surface area contributed by atoms with Gasteiger partial charge < -0.3 is 9.80 Å². The van der Waals surface area contributed by atoms with E-state index in [1.807, 2.05) is 17.2 Å². The summed E-state index contributed by atoms with van der Waals surface area (Å²) in [4.78, 5) is 37.6. The van der Waals surface area contributed by atoms with Crippen LogP contribution in [0.3, 0.4) is 0 Å². The van der Waals surface area contributed by atoms with E-state index in [-0.39, 0.29) is 17.9 Å². The summed E-state index contributed by atoms with van der Waals surface area (Å²) >= 11 is 0. The lowest BCUT2D eigenvalue weighted by Crippen LogP contribution is -2.37. The minimum atomic E-state index is -0.0728. The van der Waals surface area contributed by atoms with E-state index in [9.17, 15) is 9.59 Å². The van der Waals surface area contributed by atoms with Crippen LogP contribution in [0.5, 0.6) is 0 Å². The first-order chi connectivity index (χ1) is 13.4. The van der Waals surface area contributed by atoms with Crippen LogP contribution in [0.2, 0.25) is 0 Å². The van der Waals surface area contributed by atoms with Gasteiger partial charge in [-0.05, 0) is 24.8 Å². The zero-order valence-corrected chi connectivity index (χ0v) is 16.6. The molecule has 1 saturated heterocycles. The summed E-state index contributed by atoms with van der Waals surface area (Å²) < 4.78 is 0. The van der Waals surface area contributed by atoms with Crippen molar-refractivity contribution in [3.8, 4) is 0 Å². The lowest BCUT2D eigenvalue weighted by atomic mass is 10.1. The summed E-state index contributed by atoms with van der Waals surface area (Å²) in [6.07, 6.45) is 4.39. The number of hydrogen-bond donors (Lipinski definition) is 1. The number of amides is 2. The molecule has 0 spiro atoms. The topological polar surface area (TPSA) is 95.1 Å². The van der Waals surface area contributed by atoms with Crippen LogP contribution in [-0.4, -0.2) is 54.9 Å². The summed E-state index contributed by atoms with van der Waals surface area (Å²) in [5.74, 6) is 1.02. The number of aromatic amines is 1. The van der Waals surface area contributed by atoms with E-state index in [4.69, 9.17) is 4.98 Å². The van der Waals surface area contributed by atoms with Gasteiger partial charge in [-0.25, -0.2) is 9.97 Å². The zero-order chi connectivity index (χ0) is 19.8. The van der Waals surface area contributed by atoms with Crippen molar-refractivity contribution >= 4 is 11.8 Å². The molecular formula is C20H26N6O2. The second kappa shape index (κ2) is 7.33. The standard InChI is InChI=1S/C20H26N6O2/c1-12(2)16-9-17(24-23-16)20(28)25-8-6-15-14(11-25)10-21-19(22-15)18-5-4-7-26(18)13(3)27/h9-10,12,18H,4-8,11H2,1-3H3,(H,23,24). The minimum absolute atomic E-state index is 0.0269. The Kier molecular flexibility index (Phi) is 4.87. The van der Waals surface area contributed by atoms with E-state index in [1.54, 1.807) is 11.8 Å². The molecule has 1 unspecified atom stereocenters. The number of nitrogens with one attached hydrogen (secondary N) is 1. The van der Waals surface area contributed by atoms with E-state index in [0.717, 1.165) is 42.2 Å². The molecule has 4 heterocycles. The average Bonchev–Trinajstić information content (AvgIpc) is 3.36. The normalized spacial score (nSPS) is 19.2. The van der Waals surface area contributed by atoms with Gasteiger partial charge >= 0.3 is 0 Å². The summed E-state index contributed by atoms with van der Waals surface area (Å²) in [5, 5.41) is 7.12. The fourth-order valence-electron chi connectivity index (χ4n) is 3.98. The predicted molar refractivity (Wildman–Crippen MR) is 103 cm³/mol. The fourth-order valence-corrected chi connectivity index (χ4v) is 3.98. The second-order valence-corrected chi connectivity index (χ2v) is 7.91. The van der Waals surface area contributed by atoms with Crippen molar-refractivity contribution in [1.29, 1.82) is 0 Å². The molecule has 1 fully saturated rings. The number of aromatic nitrogens is 4. The van der Waals surface area contributed by atoms with Gasteiger partial charge in [-0.2, -0.15) is 5.10 Å². The molecule has 0 aromatic carbocycles. The number of hydrogen-bond acceptors (Lipinski definition) is 5. The van der Waals surface area contributed by atoms with E-state index in [0.29, 0.717) is 31.1 Å². The molecular weight excluding hydrogens is 356 g/mol. The van der Waals surface area contributed by atoms with Crippen LogP contribution in [0.15, 0.2) is 12.3 Å².